The first kappa shape index (κ1) is 55.3. The largest absolute Gasteiger partial charge is 0.378 e. The van der Waals surface area contributed by atoms with E-state index in [0.29, 0.717) is 73.2 Å². The summed E-state index contributed by atoms with van der Waals surface area (Å²) in [6.07, 6.45) is 0.508. The molecule has 4 aromatic rings. The molecule has 0 radical (unpaired) electrons. The number of hydrogen-bond donors (Lipinski definition) is 2. The average molecular weight is 1050 g/mol. The minimum absolute atomic E-state index is 0.0935. The highest BCUT2D eigenvalue weighted by Gasteiger charge is 2.42. The second-order valence-corrected chi connectivity index (χ2v) is 19.5. The van der Waals surface area contributed by atoms with Crippen molar-refractivity contribution in [3.63, 3.8) is 0 Å². The van der Waals surface area contributed by atoms with E-state index in [1.165, 1.54) is 9.80 Å². The van der Waals surface area contributed by atoms with Crippen LogP contribution in [-0.4, -0.2) is 172 Å². The van der Waals surface area contributed by atoms with Crippen LogP contribution in [0.3, 0.4) is 0 Å². The molecular formula is C55H67F4N7O9. The average Bonchev–Trinajstić information content (AvgIpc) is 4.36. The highest BCUT2D eigenvalue weighted by molar-refractivity contribution is 5.90. The van der Waals surface area contributed by atoms with Gasteiger partial charge in [0.15, 0.2) is 0 Å². The number of carbonyl (C=O) groups excluding carboxylic acids is 4. The molecule has 4 heterocycles. The number of hydrogen-bond acceptors (Lipinski definition) is 12. The Balaban J connectivity index is 0.650. The molecule has 4 amide bonds. The van der Waals surface area contributed by atoms with Crippen molar-refractivity contribution in [3.8, 4) is 0 Å². The van der Waals surface area contributed by atoms with Gasteiger partial charge in [-0.15, -0.1) is 0 Å². The molecule has 8 rings (SSSR count). The summed E-state index contributed by atoms with van der Waals surface area (Å²) >= 11 is 0. The maximum atomic E-state index is 15.0. The smallest absolute Gasteiger partial charge is 0.249 e. The van der Waals surface area contributed by atoms with Gasteiger partial charge in [-0.25, -0.2) is 18.7 Å². The van der Waals surface area contributed by atoms with Gasteiger partial charge in [0, 0.05) is 37.1 Å². The van der Waals surface area contributed by atoms with E-state index in [2.05, 4.69) is 20.6 Å². The zero-order valence-corrected chi connectivity index (χ0v) is 42.3. The van der Waals surface area contributed by atoms with Crippen LogP contribution in [0, 0.1) is 11.9 Å². The van der Waals surface area contributed by atoms with Crippen molar-refractivity contribution in [1.29, 1.82) is 0 Å². The zero-order valence-electron chi connectivity index (χ0n) is 42.3. The summed E-state index contributed by atoms with van der Waals surface area (Å²) in [6.45, 7) is 2.07. The molecule has 2 aliphatic carbocycles. The predicted molar refractivity (Wildman–Crippen MR) is 267 cm³/mol. The molecule has 6 atom stereocenters. The van der Waals surface area contributed by atoms with E-state index in [0.717, 1.165) is 25.7 Å². The Morgan fingerprint density at radius 2 is 0.933 bits per heavy atom. The number of ether oxygens (including phenoxy) is 5. The topological polar surface area (TPSA) is 174 Å². The van der Waals surface area contributed by atoms with Gasteiger partial charge in [0.1, 0.15) is 37.6 Å². The summed E-state index contributed by atoms with van der Waals surface area (Å²) in [5.41, 5.74) is 3.06. The van der Waals surface area contributed by atoms with Gasteiger partial charge in [-0.1, -0.05) is 72.8 Å². The molecule has 4 aliphatic rings. The normalized spacial score (nSPS) is 20.3. The van der Waals surface area contributed by atoms with Crippen LogP contribution in [0.2, 0.25) is 0 Å². The zero-order chi connectivity index (χ0) is 52.7. The van der Waals surface area contributed by atoms with Crippen LogP contribution in [-0.2, 0) is 42.9 Å². The fraction of sp³-hybridized carbons (Fsp3) is 0.527. The molecule has 2 saturated carbocycles. The number of halogens is 4. The number of carbonyl (C=O) groups is 4. The van der Waals surface area contributed by atoms with E-state index in [4.69, 9.17) is 23.7 Å². The van der Waals surface area contributed by atoms with Gasteiger partial charge >= 0.3 is 0 Å². The lowest BCUT2D eigenvalue weighted by Crippen LogP contribution is -2.48. The summed E-state index contributed by atoms with van der Waals surface area (Å²) in [4.78, 5) is 66.4. The molecule has 4 fully saturated rings. The second kappa shape index (κ2) is 27.2. The number of aromatic nitrogens is 2. The monoisotopic (exact) mass is 1050 g/mol. The van der Waals surface area contributed by atoms with Gasteiger partial charge in [-0.3, -0.25) is 19.2 Å². The number of likely N-dealkylation sites (N-methyl/N-ethyl adjacent to an activating group) is 1. The van der Waals surface area contributed by atoms with Crippen molar-refractivity contribution >= 4 is 23.6 Å². The number of nitrogens with one attached hydrogen (secondary N) is 2. The van der Waals surface area contributed by atoms with Gasteiger partial charge in [0.25, 0.3) is 0 Å². The molecule has 2 aromatic carbocycles. The highest BCUT2D eigenvalue weighted by atomic mass is 19.1. The summed E-state index contributed by atoms with van der Waals surface area (Å²) in [5, 5.41) is 5.80. The molecule has 2 N–H and O–H groups in total. The SMILES string of the molecule is CN(CCOCCOCCOCC(=O)N1CC(F)CC1C(=O)NC(c1ccccc1)c1ccc(C2CC2)c(F)n1)CCOCCOCC(=O)N1CC(F)CC1C(=O)NC(c1ccccc1)c1ccc(C2CC2)c(F)n1. The van der Waals surface area contributed by atoms with Crippen molar-refractivity contribution in [3.05, 3.63) is 130 Å². The Morgan fingerprint density at radius 1 is 0.560 bits per heavy atom. The maximum absolute atomic E-state index is 15.0. The minimum Gasteiger partial charge on any atom is -0.378 e. The number of amides is 4. The van der Waals surface area contributed by atoms with Crippen LogP contribution >= 0.6 is 0 Å². The highest BCUT2D eigenvalue weighted by Crippen LogP contribution is 2.42. The number of alkyl halides is 2. The number of likely N-dealkylation sites (tertiary alicyclic amines) is 2. The van der Waals surface area contributed by atoms with E-state index in [9.17, 15) is 36.7 Å². The second-order valence-electron chi connectivity index (χ2n) is 19.5. The molecule has 75 heavy (non-hydrogen) atoms. The molecule has 0 bridgehead atoms. The molecule has 2 aromatic heterocycles. The van der Waals surface area contributed by atoms with Crippen molar-refractivity contribution in [2.45, 2.75) is 86.9 Å². The fourth-order valence-electron chi connectivity index (χ4n) is 9.38. The third kappa shape index (κ3) is 15.8. The summed E-state index contributed by atoms with van der Waals surface area (Å²) in [7, 11) is 1.92. The lowest BCUT2D eigenvalue weighted by Gasteiger charge is -2.26. The van der Waals surface area contributed by atoms with Gasteiger partial charge < -0.3 is 49.0 Å². The number of nitrogens with zero attached hydrogens (tertiary/aromatic N) is 5. The Labute approximate surface area is 434 Å². The molecular weight excluding hydrogens is 979 g/mol. The maximum Gasteiger partial charge on any atom is 0.249 e. The molecule has 2 aliphatic heterocycles. The van der Waals surface area contributed by atoms with Crippen molar-refractivity contribution in [2.24, 2.45) is 0 Å². The minimum atomic E-state index is -1.40. The van der Waals surface area contributed by atoms with Gasteiger partial charge in [-0.05, 0) is 67.8 Å². The van der Waals surface area contributed by atoms with Gasteiger partial charge in [0.2, 0.25) is 35.5 Å². The van der Waals surface area contributed by atoms with Gasteiger partial charge in [-0.2, -0.15) is 8.78 Å². The molecule has 2 saturated heterocycles. The van der Waals surface area contributed by atoms with Crippen molar-refractivity contribution in [2.75, 3.05) is 99.3 Å². The Hall–Kier alpha value is -5.90. The van der Waals surface area contributed by atoms with Crippen molar-refractivity contribution < 1.29 is 60.4 Å². The summed E-state index contributed by atoms with van der Waals surface area (Å²) < 4.78 is 87.4. The first-order chi connectivity index (χ1) is 36.4. The lowest BCUT2D eigenvalue weighted by atomic mass is 10.0. The van der Waals surface area contributed by atoms with E-state index in [1.807, 2.05) is 24.1 Å². The van der Waals surface area contributed by atoms with Crippen LogP contribution in [0.1, 0.15) is 96.1 Å². The van der Waals surface area contributed by atoms with E-state index in [-0.39, 0.29) is 77.4 Å². The van der Waals surface area contributed by atoms with Crippen LogP contribution in [0.5, 0.6) is 0 Å². The molecule has 16 nitrogen and oxygen atoms in total. The number of pyridine rings is 2. The van der Waals surface area contributed by atoms with Crippen molar-refractivity contribution in [1.82, 2.24) is 35.3 Å². The Kier molecular flexibility index (Phi) is 20.1. The quantitative estimate of drug-likeness (QED) is 0.0397. The third-order valence-corrected chi connectivity index (χ3v) is 13.8. The van der Waals surface area contributed by atoms with Crippen LogP contribution in [0.15, 0.2) is 84.9 Å². The number of benzene rings is 2. The van der Waals surface area contributed by atoms with Crippen LogP contribution < -0.4 is 10.6 Å². The lowest BCUT2D eigenvalue weighted by molar-refractivity contribution is -0.142. The first-order valence-corrected chi connectivity index (χ1v) is 25.9. The molecule has 6 unspecified atom stereocenters. The van der Waals surface area contributed by atoms with Crippen LogP contribution in [0.25, 0.3) is 0 Å². The fourth-order valence-corrected chi connectivity index (χ4v) is 9.38. The summed E-state index contributed by atoms with van der Waals surface area (Å²) in [5.74, 6) is -3.01. The molecule has 404 valence electrons. The third-order valence-electron chi connectivity index (χ3n) is 13.8. The van der Waals surface area contributed by atoms with E-state index in [1.54, 1.807) is 72.8 Å². The molecule has 20 heteroatoms. The standard InChI is InChI=1S/C55H67F4N7O9/c1-64(21-23-72-26-28-74-34-48(67)65-32-40(56)30-46(65)54(69)62-50(38-8-4-2-5-9-38)44-18-16-42(36-12-13-36)52(58)60-44)20-22-71-24-25-73-27-29-75-35-49(68)66-33-41(57)31-47(66)55(70)63-51(39-10-6-3-7-11-39)45-19-17-43(37-14-15-37)53(59)61-45/h2-11,16-19,36-37,40-41,46-47,50-51H,12-15,20-35H2,1H3,(H,62,69)(H,63,70). The molecule has 0 spiro atoms. The Morgan fingerprint density at radius 3 is 1.31 bits per heavy atom. The number of rotatable bonds is 29. The van der Waals surface area contributed by atoms with Gasteiger partial charge in [0.05, 0.1) is 89.4 Å². The Bertz CT molecular complexity index is 2510. The van der Waals surface area contributed by atoms with E-state index >= 15 is 0 Å². The van der Waals surface area contributed by atoms with Crippen LogP contribution in [0.4, 0.5) is 17.6 Å². The predicted octanol–water partition coefficient (Wildman–Crippen LogP) is 5.51. The first-order valence-electron chi connectivity index (χ1n) is 25.9. The summed E-state index contributed by atoms with van der Waals surface area (Å²) in [6, 6.07) is 21.0. The van der Waals surface area contributed by atoms with E-state index < -0.39 is 72.0 Å².